The van der Waals surface area contributed by atoms with Crippen LogP contribution >= 0.6 is 0 Å². The molecule has 116 valence electrons. The summed E-state index contributed by atoms with van der Waals surface area (Å²) >= 11 is 0. The van der Waals surface area contributed by atoms with E-state index >= 15 is 0 Å². The first-order chi connectivity index (χ1) is 10.5. The molecule has 1 aromatic carbocycles. The molecule has 0 radical (unpaired) electrons. The molecule has 1 aromatic heterocycles. The molecule has 0 aliphatic rings. The Kier molecular flexibility index (Phi) is 5.24. The van der Waals surface area contributed by atoms with E-state index in [1.807, 2.05) is 0 Å². The van der Waals surface area contributed by atoms with E-state index in [0.29, 0.717) is 13.0 Å². The third-order valence-corrected chi connectivity index (χ3v) is 3.10. The van der Waals surface area contributed by atoms with Crippen LogP contribution in [0, 0.1) is 5.82 Å². The molecule has 1 heterocycles. The number of amides is 1. The van der Waals surface area contributed by atoms with E-state index in [1.165, 1.54) is 12.1 Å². The SMILES string of the molecule is O=C(CCn1[nH]c(=O)ccc1=O)NCCc1ccc(F)cc1. The summed E-state index contributed by atoms with van der Waals surface area (Å²) < 4.78 is 13.8. The molecule has 0 bridgehead atoms. The predicted octanol–water partition coefficient (Wildman–Crippen LogP) is 0.425. The molecule has 0 atom stereocenters. The highest BCUT2D eigenvalue weighted by Crippen LogP contribution is 2.02. The van der Waals surface area contributed by atoms with Crippen LogP contribution in [0.1, 0.15) is 12.0 Å². The summed E-state index contributed by atoms with van der Waals surface area (Å²) in [6.07, 6.45) is 0.678. The highest BCUT2D eigenvalue weighted by atomic mass is 19.1. The molecular formula is C15H16FN3O3. The van der Waals surface area contributed by atoms with E-state index in [2.05, 4.69) is 10.4 Å². The summed E-state index contributed by atoms with van der Waals surface area (Å²) in [5.74, 6) is -0.520. The van der Waals surface area contributed by atoms with E-state index in [1.54, 1.807) is 12.1 Å². The zero-order chi connectivity index (χ0) is 15.9. The Morgan fingerprint density at radius 2 is 1.86 bits per heavy atom. The molecule has 0 aliphatic heterocycles. The highest BCUT2D eigenvalue weighted by molar-refractivity contribution is 5.75. The largest absolute Gasteiger partial charge is 0.356 e. The van der Waals surface area contributed by atoms with Crippen LogP contribution in [0.2, 0.25) is 0 Å². The maximum absolute atomic E-state index is 12.7. The van der Waals surface area contributed by atoms with Gasteiger partial charge in [0.05, 0.1) is 6.54 Å². The number of hydrogen-bond donors (Lipinski definition) is 2. The minimum absolute atomic E-state index is 0.0866. The number of aryl methyl sites for hydroxylation is 1. The fourth-order valence-corrected chi connectivity index (χ4v) is 1.93. The van der Waals surface area contributed by atoms with E-state index in [4.69, 9.17) is 0 Å². The number of aromatic amines is 1. The summed E-state index contributed by atoms with van der Waals surface area (Å²) in [6.45, 7) is 0.530. The van der Waals surface area contributed by atoms with Crippen molar-refractivity contribution in [3.05, 3.63) is 68.5 Å². The molecular weight excluding hydrogens is 289 g/mol. The smallest absolute Gasteiger partial charge is 0.265 e. The van der Waals surface area contributed by atoms with Crippen LogP contribution in [0.15, 0.2) is 46.0 Å². The standard InChI is InChI=1S/C15H16FN3O3/c16-12-3-1-11(2-4-12)7-9-17-13(20)8-10-19-15(22)6-5-14(21)18-19/h1-6H,7-10H2,(H,17,20)(H,18,21). The Morgan fingerprint density at radius 1 is 1.14 bits per heavy atom. The van der Waals surface area contributed by atoms with Crippen molar-refractivity contribution in [2.45, 2.75) is 19.4 Å². The first kappa shape index (κ1) is 15.7. The summed E-state index contributed by atoms with van der Waals surface area (Å²) in [6, 6.07) is 8.36. The van der Waals surface area contributed by atoms with Gasteiger partial charge in [-0.1, -0.05) is 12.1 Å². The van der Waals surface area contributed by atoms with E-state index in [0.717, 1.165) is 22.4 Å². The van der Waals surface area contributed by atoms with Crippen molar-refractivity contribution < 1.29 is 9.18 Å². The fourth-order valence-electron chi connectivity index (χ4n) is 1.93. The van der Waals surface area contributed by atoms with Gasteiger partial charge >= 0.3 is 0 Å². The predicted molar refractivity (Wildman–Crippen MR) is 79.1 cm³/mol. The lowest BCUT2D eigenvalue weighted by Crippen LogP contribution is -2.32. The molecule has 7 heteroatoms. The molecule has 0 spiro atoms. The van der Waals surface area contributed by atoms with Gasteiger partial charge in [0.2, 0.25) is 5.91 Å². The second kappa shape index (κ2) is 7.35. The molecule has 6 nitrogen and oxygen atoms in total. The number of nitrogens with one attached hydrogen (secondary N) is 2. The molecule has 2 N–H and O–H groups in total. The Morgan fingerprint density at radius 3 is 2.59 bits per heavy atom. The summed E-state index contributed by atoms with van der Waals surface area (Å²) in [4.78, 5) is 34.2. The van der Waals surface area contributed by atoms with Gasteiger partial charge in [-0.05, 0) is 24.1 Å². The lowest BCUT2D eigenvalue weighted by Gasteiger charge is -2.07. The minimum atomic E-state index is -0.392. The highest BCUT2D eigenvalue weighted by Gasteiger charge is 2.03. The zero-order valence-corrected chi connectivity index (χ0v) is 11.8. The molecule has 1 amide bonds. The number of hydrogen-bond acceptors (Lipinski definition) is 3. The summed E-state index contributed by atoms with van der Waals surface area (Å²) in [5.41, 5.74) is 0.167. The normalized spacial score (nSPS) is 10.4. The first-order valence-corrected chi connectivity index (χ1v) is 6.86. The second-order valence-electron chi connectivity index (χ2n) is 4.78. The second-order valence-corrected chi connectivity index (χ2v) is 4.78. The van der Waals surface area contributed by atoms with Gasteiger partial charge in [0, 0.05) is 25.1 Å². The number of aromatic nitrogens is 2. The molecule has 2 aromatic rings. The number of carbonyl (C=O) groups is 1. The third kappa shape index (κ3) is 4.69. The lowest BCUT2D eigenvalue weighted by molar-refractivity contribution is -0.121. The topological polar surface area (TPSA) is 84.0 Å². The number of rotatable bonds is 6. The van der Waals surface area contributed by atoms with Gasteiger partial charge in [0.1, 0.15) is 5.82 Å². The fraction of sp³-hybridized carbons (Fsp3) is 0.267. The van der Waals surface area contributed by atoms with E-state index in [-0.39, 0.29) is 30.2 Å². The van der Waals surface area contributed by atoms with Crippen molar-refractivity contribution in [3.63, 3.8) is 0 Å². The molecule has 0 aliphatic carbocycles. The Balaban J connectivity index is 1.76. The number of nitrogens with zero attached hydrogens (tertiary/aromatic N) is 1. The first-order valence-electron chi connectivity index (χ1n) is 6.86. The number of carbonyl (C=O) groups excluding carboxylic acids is 1. The van der Waals surface area contributed by atoms with Crippen molar-refractivity contribution in [3.8, 4) is 0 Å². The van der Waals surface area contributed by atoms with Crippen molar-refractivity contribution in [2.75, 3.05) is 6.54 Å². The maximum Gasteiger partial charge on any atom is 0.265 e. The number of benzene rings is 1. The van der Waals surface area contributed by atoms with Crippen LogP contribution in [0.4, 0.5) is 4.39 Å². The monoisotopic (exact) mass is 305 g/mol. The molecule has 0 saturated carbocycles. The van der Waals surface area contributed by atoms with Crippen molar-refractivity contribution in [1.29, 1.82) is 0 Å². The van der Waals surface area contributed by atoms with E-state index < -0.39 is 5.56 Å². The Bertz CT molecular complexity index is 750. The van der Waals surface area contributed by atoms with Gasteiger partial charge < -0.3 is 5.32 Å². The number of H-pyrrole nitrogens is 1. The van der Waals surface area contributed by atoms with E-state index in [9.17, 15) is 18.8 Å². The van der Waals surface area contributed by atoms with Gasteiger partial charge in [-0.15, -0.1) is 0 Å². The molecule has 0 unspecified atom stereocenters. The van der Waals surface area contributed by atoms with Crippen LogP contribution in [-0.2, 0) is 17.8 Å². The molecule has 0 fully saturated rings. The Labute approximate surface area is 125 Å². The average molecular weight is 305 g/mol. The molecule has 22 heavy (non-hydrogen) atoms. The summed E-state index contributed by atoms with van der Waals surface area (Å²) in [7, 11) is 0. The van der Waals surface area contributed by atoms with Crippen LogP contribution in [0.3, 0.4) is 0 Å². The van der Waals surface area contributed by atoms with Gasteiger partial charge in [-0.25, -0.2) is 9.07 Å². The Hall–Kier alpha value is -2.70. The van der Waals surface area contributed by atoms with Crippen molar-refractivity contribution >= 4 is 5.91 Å². The van der Waals surface area contributed by atoms with Crippen molar-refractivity contribution in [2.24, 2.45) is 0 Å². The lowest BCUT2D eigenvalue weighted by atomic mass is 10.1. The minimum Gasteiger partial charge on any atom is -0.356 e. The van der Waals surface area contributed by atoms with Crippen LogP contribution in [0.5, 0.6) is 0 Å². The quantitative estimate of drug-likeness (QED) is 0.811. The van der Waals surface area contributed by atoms with Gasteiger partial charge in [0.15, 0.2) is 0 Å². The van der Waals surface area contributed by atoms with Gasteiger partial charge in [-0.3, -0.25) is 19.5 Å². The van der Waals surface area contributed by atoms with Crippen molar-refractivity contribution in [1.82, 2.24) is 15.1 Å². The van der Waals surface area contributed by atoms with Crippen LogP contribution in [-0.4, -0.2) is 22.2 Å². The van der Waals surface area contributed by atoms with Gasteiger partial charge in [-0.2, -0.15) is 0 Å². The molecule has 2 rings (SSSR count). The average Bonchev–Trinajstić information content (AvgIpc) is 2.50. The molecule has 0 saturated heterocycles. The van der Waals surface area contributed by atoms with Crippen LogP contribution < -0.4 is 16.4 Å². The number of halogens is 1. The maximum atomic E-state index is 12.7. The van der Waals surface area contributed by atoms with Gasteiger partial charge in [0.25, 0.3) is 11.1 Å². The van der Waals surface area contributed by atoms with Crippen LogP contribution in [0.25, 0.3) is 0 Å². The third-order valence-electron chi connectivity index (χ3n) is 3.10. The zero-order valence-electron chi connectivity index (χ0n) is 11.8. The summed E-state index contributed by atoms with van der Waals surface area (Å²) in [5, 5.41) is 5.06.